The smallest absolute Gasteiger partial charge is 0.276 e. The third-order valence-corrected chi connectivity index (χ3v) is 7.07. The van der Waals surface area contributed by atoms with Gasteiger partial charge >= 0.3 is 0 Å². The third kappa shape index (κ3) is 5.25. The van der Waals surface area contributed by atoms with Crippen LogP contribution in [0.1, 0.15) is 29.4 Å². The van der Waals surface area contributed by atoms with Crippen LogP contribution in [0.3, 0.4) is 0 Å². The lowest BCUT2D eigenvalue weighted by molar-refractivity contribution is 0.102. The van der Waals surface area contributed by atoms with Gasteiger partial charge in [0, 0.05) is 49.3 Å². The lowest BCUT2D eigenvalue weighted by Gasteiger charge is -2.27. The first-order valence-corrected chi connectivity index (χ1v) is 12.6. The fraction of sp³-hybridized carbons (Fsp3) is 0.333. The van der Waals surface area contributed by atoms with Crippen LogP contribution in [0, 0.1) is 23.0 Å². The van der Waals surface area contributed by atoms with Crippen molar-refractivity contribution in [3.63, 3.8) is 0 Å². The second-order valence-electron chi connectivity index (χ2n) is 9.81. The Kier molecular flexibility index (Phi) is 7.40. The molecule has 5 N–H and O–H groups in total. The van der Waals surface area contributed by atoms with Crippen molar-refractivity contribution in [2.75, 3.05) is 41.8 Å². The van der Waals surface area contributed by atoms with E-state index in [-0.39, 0.29) is 23.7 Å². The summed E-state index contributed by atoms with van der Waals surface area (Å²) in [6, 6.07) is 8.89. The quantitative estimate of drug-likeness (QED) is 0.340. The van der Waals surface area contributed by atoms with Crippen LogP contribution in [0.15, 0.2) is 47.3 Å². The summed E-state index contributed by atoms with van der Waals surface area (Å²) in [6.07, 6.45) is 2.07. The van der Waals surface area contributed by atoms with Crippen molar-refractivity contribution in [2.45, 2.75) is 25.4 Å². The van der Waals surface area contributed by atoms with Crippen molar-refractivity contribution in [2.24, 2.45) is 11.7 Å². The maximum Gasteiger partial charge on any atom is 0.276 e. The number of benzene rings is 2. The summed E-state index contributed by atoms with van der Waals surface area (Å²) >= 11 is 0. The molecule has 1 amide bonds. The zero-order chi connectivity index (χ0) is 27.7. The van der Waals surface area contributed by atoms with Crippen LogP contribution < -0.4 is 26.8 Å². The maximum atomic E-state index is 14.4. The summed E-state index contributed by atoms with van der Waals surface area (Å²) < 4.78 is 34.7. The Hall–Kier alpha value is -4.16. The molecule has 2 saturated heterocycles. The monoisotopic (exact) mass is 537 g/mol. The van der Waals surface area contributed by atoms with Crippen molar-refractivity contribution in [1.82, 2.24) is 9.78 Å². The SMILES string of the molecule is C[C@H]1CN(c2c(NC(=O)c3ccc(=O)n(-c4c(F)cccc4F)n3)ccc(NC3CCOC3)c2C=N)C[C@@H]1N. The molecule has 0 saturated carbocycles. The summed E-state index contributed by atoms with van der Waals surface area (Å²) in [7, 11) is 0. The number of carbonyl (C=O) groups is 1. The highest BCUT2D eigenvalue weighted by atomic mass is 19.1. The minimum atomic E-state index is -0.990. The Morgan fingerprint density at radius 1 is 1.13 bits per heavy atom. The number of nitrogens with one attached hydrogen (secondary N) is 3. The maximum absolute atomic E-state index is 14.4. The highest BCUT2D eigenvalue weighted by molar-refractivity contribution is 6.08. The molecule has 2 fully saturated rings. The normalized spacial score (nSPS) is 20.7. The highest BCUT2D eigenvalue weighted by Gasteiger charge is 2.31. The van der Waals surface area contributed by atoms with E-state index < -0.39 is 28.8 Å². The zero-order valence-corrected chi connectivity index (χ0v) is 21.3. The van der Waals surface area contributed by atoms with Gasteiger partial charge in [0.1, 0.15) is 11.4 Å². The minimum absolute atomic E-state index is 0.0899. The van der Waals surface area contributed by atoms with E-state index in [0.29, 0.717) is 47.9 Å². The minimum Gasteiger partial charge on any atom is -0.379 e. The van der Waals surface area contributed by atoms with Gasteiger partial charge < -0.3 is 31.4 Å². The zero-order valence-electron chi connectivity index (χ0n) is 21.3. The van der Waals surface area contributed by atoms with Crippen molar-refractivity contribution in [3.05, 3.63) is 75.7 Å². The van der Waals surface area contributed by atoms with Gasteiger partial charge in [-0.25, -0.2) is 8.78 Å². The molecule has 1 aromatic heterocycles. The van der Waals surface area contributed by atoms with E-state index in [1.54, 1.807) is 12.1 Å². The van der Waals surface area contributed by atoms with Gasteiger partial charge in [-0.05, 0) is 42.7 Å². The standard InChI is InChI=1S/C27H29F2N7O3/c1-15-12-35(13-20(15)31)25-17(11-30)21(32-16-9-10-39-14-16)5-6-22(25)33-27(38)23-7-8-24(37)36(34-23)26-18(28)3-2-4-19(26)29/h2-8,11,15-16,20,30,32H,9-10,12-14,31H2,1H3,(H,33,38)/t15-,16?,20-/m0/s1. The molecule has 3 aromatic rings. The number of ether oxygens (including phenoxy) is 1. The molecule has 2 aliphatic rings. The van der Waals surface area contributed by atoms with Gasteiger partial charge in [0.2, 0.25) is 0 Å². The molecule has 2 aromatic carbocycles. The van der Waals surface area contributed by atoms with Gasteiger partial charge in [0.25, 0.3) is 11.5 Å². The predicted molar refractivity (Wildman–Crippen MR) is 144 cm³/mol. The van der Waals surface area contributed by atoms with Gasteiger partial charge in [-0.2, -0.15) is 9.78 Å². The molecule has 5 rings (SSSR count). The Balaban J connectivity index is 1.52. The number of hydrogen-bond acceptors (Lipinski definition) is 8. The van der Waals surface area contributed by atoms with Gasteiger partial charge in [0.15, 0.2) is 11.6 Å². The first-order chi connectivity index (χ1) is 18.8. The van der Waals surface area contributed by atoms with Crippen molar-refractivity contribution in [3.8, 4) is 5.69 Å². The van der Waals surface area contributed by atoms with Crippen LogP contribution in [0.2, 0.25) is 0 Å². The van der Waals surface area contributed by atoms with Crippen molar-refractivity contribution >= 4 is 29.2 Å². The molecular formula is C27H29F2N7O3. The van der Waals surface area contributed by atoms with Crippen LogP contribution in [-0.2, 0) is 4.74 Å². The number of nitrogens with zero attached hydrogens (tertiary/aromatic N) is 3. The molecule has 0 aliphatic carbocycles. The number of para-hydroxylation sites is 1. The van der Waals surface area contributed by atoms with Crippen LogP contribution >= 0.6 is 0 Å². The molecule has 1 unspecified atom stereocenters. The number of rotatable bonds is 7. The number of nitrogens with two attached hydrogens (primary N) is 1. The molecule has 10 nitrogen and oxygen atoms in total. The van der Waals surface area contributed by atoms with Gasteiger partial charge in [-0.1, -0.05) is 13.0 Å². The predicted octanol–water partition coefficient (Wildman–Crippen LogP) is 2.74. The summed E-state index contributed by atoms with van der Waals surface area (Å²) in [5, 5.41) is 18.4. The number of hydrogen-bond donors (Lipinski definition) is 4. The molecule has 0 bridgehead atoms. The largest absolute Gasteiger partial charge is 0.379 e. The molecule has 204 valence electrons. The lowest BCUT2D eigenvalue weighted by Crippen LogP contribution is -2.30. The van der Waals surface area contributed by atoms with Crippen LogP contribution in [0.25, 0.3) is 5.69 Å². The molecule has 3 heterocycles. The number of anilines is 3. The third-order valence-electron chi connectivity index (χ3n) is 7.07. The molecule has 3 atom stereocenters. The van der Waals surface area contributed by atoms with Crippen molar-refractivity contribution < 1.29 is 18.3 Å². The van der Waals surface area contributed by atoms with E-state index >= 15 is 0 Å². The van der Waals surface area contributed by atoms with Crippen LogP contribution in [0.5, 0.6) is 0 Å². The van der Waals surface area contributed by atoms with Crippen molar-refractivity contribution in [1.29, 1.82) is 5.41 Å². The Labute approximate surface area is 223 Å². The summed E-state index contributed by atoms with van der Waals surface area (Å²) in [4.78, 5) is 27.7. The number of aromatic nitrogens is 2. The average molecular weight is 538 g/mol. The Bertz CT molecular complexity index is 1440. The summed E-state index contributed by atoms with van der Waals surface area (Å²) in [6.45, 7) is 4.40. The fourth-order valence-corrected chi connectivity index (χ4v) is 4.93. The van der Waals surface area contributed by atoms with E-state index in [1.807, 2.05) is 11.8 Å². The van der Waals surface area contributed by atoms with Gasteiger partial charge in [-0.15, -0.1) is 0 Å². The molecule has 2 aliphatic heterocycles. The lowest BCUT2D eigenvalue weighted by atomic mass is 10.1. The van der Waals surface area contributed by atoms with Crippen LogP contribution in [0.4, 0.5) is 25.8 Å². The molecule has 39 heavy (non-hydrogen) atoms. The number of halogens is 2. The molecule has 0 spiro atoms. The van der Waals surface area contributed by atoms with E-state index in [4.69, 9.17) is 15.9 Å². The Morgan fingerprint density at radius 3 is 2.51 bits per heavy atom. The first kappa shape index (κ1) is 26.4. The van der Waals surface area contributed by atoms with E-state index in [9.17, 15) is 18.4 Å². The fourth-order valence-electron chi connectivity index (χ4n) is 4.93. The van der Waals surface area contributed by atoms with Gasteiger partial charge in [0.05, 0.1) is 24.0 Å². The first-order valence-electron chi connectivity index (χ1n) is 12.6. The van der Waals surface area contributed by atoms with Crippen LogP contribution in [-0.4, -0.2) is 60.3 Å². The molecule has 0 radical (unpaired) electrons. The summed E-state index contributed by atoms with van der Waals surface area (Å²) in [5.74, 6) is -2.49. The molecule has 12 heteroatoms. The molecular weight excluding hydrogens is 508 g/mol. The summed E-state index contributed by atoms with van der Waals surface area (Å²) in [5.41, 5.74) is 6.93. The number of carbonyl (C=O) groups excluding carboxylic acids is 1. The van der Waals surface area contributed by atoms with E-state index in [2.05, 4.69) is 15.7 Å². The second-order valence-corrected chi connectivity index (χ2v) is 9.81. The average Bonchev–Trinajstić information content (AvgIpc) is 3.54. The Morgan fingerprint density at radius 2 is 1.87 bits per heavy atom. The van der Waals surface area contributed by atoms with E-state index in [1.165, 1.54) is 18.3 Å². The second kappa shape index (κ2) is 10.9. The van der Waals surface area contributed by atoms with E-state index in [0.717, 1.165) is 30.3 Å². The van der Waals surface area contributed by atoms with Gasteiger partial charge in [-0.3, -0.25) is 9.59 Å². The topological polar surface area (TPSA) is 138 Å². The highest BCUT2D eigenvalue weighted by Crippen LogP contribution is 2.38. The number of amides is 1.